The Bertz CT molecular complexity index is 767. The van der Waals surface area contributed by atoms with Crippen molar-refractivity contribution >= 4 is 23.3 Å². The molecule has 1 aromatic carbocycles. The molecule has 1 amide bonds. The minimum absolute atomic E-state index is 0.0449. The third-order valence-corrected chi connectivity index (χ3v) is 5.52. The Morgan fingerprint density at radius 2 is 2.07 bits per heavy atom. The number of nitrogens with one attached hydrogen (secondary N) is 1. The molecule has 0 aliphatic carbocycles. The van der Waals surface area contributed by atoms with Crippen molar-refractivity contribution in [1.29, 1.82) is 0 Å². The predicted molar refractivity (Wildman–Crippen MR) is 109 cm³/mol. The van der Waals surface area contributed by atoms with E-state index < -0.39 is 0 Å². The molecule has 3 rings (SSSR count). The average Bonchev–Trinajstić information content (AvgIpc) is 3.22. The molecular weight excluding hydrogens is 360 g/mol. The van der Waals surface area contributed by atoms with E-state index in [1.54, 1.807) is 18.4 Å². The van der Waals surface area contributed by atoms with Crippen LogP contribution in [0.3, 0.4) is 0 Å². The Morgan fingerprint density at radius 1 is 1.30 bits per heavy atom. The third-order valence-electron chi connectivity index (χ3n) is 4.70. The minimum Gasteiger partial charge on any atom is -0.496 e. The molecule has 0 bridgehead atoms. The van der Waals surface area contributed by atoms with Gasteiger partial charge in [-0.3, -0.25) is 9.69 Å². The van der Waals surface area contributed by atoms with Crippen LogP contribution in [-0.2, 0) is 9.53 Å². The van der Waals surface area contributed by atoms with Gasteiger partial charge < -0.3 is 14.8 Å². The molecule has 1 aromatic heterocycles. The predicted octanol–water partition coefficient (Wildman–Crippen LogP) is 3.35. The van der Waals surface area contributed by atoms with Crippen LogP contribution in [0.4, 0.5) is 0 Å². The summed E-state index contributed by atoms with van der Waals surface area (Å²) in [5.41, 5.74) is 1.79. The average molecular weight is 387 g/mol. The van der Waals surface area contributed by atoms with Gasteiger partial charge in [0.1, 0.15) is 5.75 Å². The number of amides is 1. The van der Waals surface area contributed by atoms with Crippen LogP contribution in [0.1, 0.15) is 23.4 Å². The second kappa shape index (κ2) is 9.69. The third kappa shape index (κ3) is 5.19. The molecule has 5 nitrogen and oxygen atoms in total. The van der Waals surface area contributed by atoms with E-state index in [1.807, 2.05) is 48.7 Å². The second-order valence-electron chi connectivity index (χ2n) is 6.46. The number of hydrogen-bond acceptors (Lipinski definition) is 5. The number of carbonyl (C=O) groups excluding carboxylic acids is 1. The standard InChI is InChI=1S/C21H26N2O3S/c1-16(14-17-6-5-13-27-17)21(24)22-15-19(23-9-11-26-12-10-23)18-7-3-4-8-20(18)25-2/h3-8,13-14,19H,9-12,15H2,1-2H3,(H,22,24)/b16-14+. The number of benzene rings is 1. The summed E-state index contributed by atoms with van der Waals surface area (Å²) >= 11 is 1.62. The first-order valence-corrected chi connectivity index (χ1v) is 10.0. The highest BCUT2D eigenvalue weighted by Gasteiger charge is 2.25. The topological polar surface area (TPSA) is 50.8 Å². The van der Waals surface area contributed by atoms with E-state index in [4.69, 9.17) is 9.47 Å². The van der Waals surface area contributed by atoms with Crippen LogP contribution in [0.25, 0.3) is 6.08 Å². The molecular formula is C21H26N2O3S. The van der Waals surface area contributed by atoms with Gasteiger partial charge in [0, 0.05) is 35.6 Å². The molecule has 0 saturated carbocycles. The quantitative estimate of drug-likeness (QED) is 0.742. The Kier molecular flexibility index (Phi) is 7.04. The molecule has 144 valence electrons. The number of rotatable bonds is 7. The summed E-state index contributed by atoms with van der Waals surface area (Å²) in [6, 6.07) is 12.0. The summed E-state index contributed by atoms with van der Waals surface area (Å²) in [6.45, 7) is 5.45. The summed E-state index contributed by atoms with van der Waals surface area (Å²) in [6.07, 6.45) is 1.92. The zero-order valence-corrected chi connectivity index (χ0v) is 16.6. The summed E-state index contributed by atoms with van der Waals surface area (Å²) in [5.74, 6) is 0.797. The van der Waals surface area contributed by atoms with Crippen LogP contribution in [-0.4, -0.2) is 50.8 Å². The van der Waals surface area contributed by atoms with Gasteiger partial charge in [-0.05, 0) is 30.5 Å². The van der Waals surface area contributed by atoms with Crippen molar-refractivity contribution in [2.45, 2.75) is 13.0 Å². The molecule has 0 spiro atoms. The first-order valence-electron chi connectivity index (χ1n) is 9.13. The largest absolute Gasteiger partial charge is 0.496 e. The second-order valence-corrected chi connectivity index (χ2v) is 7.44. The number of morpholine rings is 1. The Balaban J connectivity index is 1.74. The maximum Gasteiger partial charge on any atom is 0.247 e. The lowest BCUT2D eigenvalue weighted by Gasteiger charge is -2.35. The zero-order chi connectivity index (χ0) is 19.1. The molecule has 1 atom stereocenters. The molecule has 6 heteroatoms. The molecule has 27 heavy (non-hydrogen) atoms. The SMILES string of the molecule is COc1ccccc1C(CNC(=O)/C(C)=C/c1cccs1)N1CCOCC1. The fourth-order valence-corrected chi connectivity index (χ4v) is 3.96. The van der Waals surface area contributed by atoms with Gasteiger partial charge in [0.2, 0.25) is 5.91 Å². The number of nitrogens with zero attached hydrogens (tertiary/aromatic N) is 1. The number of para-hydroxylation sites is 1. The molecule has 0 radical (unpaired) electrons. The highest BCUT2D eigenvalue weighted by molar-refractivity contribution is 7.10. The number of ether oxygens (including phenoxy) is 2. The Hall–Kier alpha value is -2.15. The van der Waals surface area contributed by atoms with Gasteiger partial charge in [0.25, 0.3) is 0 Å². The summed E-state index contributed by atoms with van der Waals surface area (Å²) in [7, 11) is 1.68. The van der Waals surface area contributed by atoms with Crippen LogP contribution in [0.5, 0.6) is 5.75 Å². The van der Waals surface area contributed by atoms with Crippen LogP contribution < -0.4 is 10.1 Å². The van der Waals surface area contributed by atoms with E-state index in [2.05, 4.69) is 16.3 Å². The van der Waals surface area contributed by atoms with Crippen molar-refractivity contribution in [3.8, 4) is 5.75 Å². The number of thiophene rings is 1. The van der Waals surface area contributed by atoms with Gasteiger partial charge in [0.15, 0.2) is 0 Å². The molecule has 1 N–H and O–H groups in total. The van der Waals surface area contributed by atoms with Gasteiger partial charge in [-0.1, -0.05) is 24.3 Å². The van der Waals surface area contributed by atoms with E-state index in [0.29, 0.717) is 25.3 Å². The van der Waals surface area contributed by atoms with Gasteiger partial charge >= 0.3 is 0 Å². The van der Waals surface area contributed by atoms with Crippen molar-refractivity contribution in [3.63, 3.8) is 0 Å². The smallest absolute Gasteiger partial charge is 0.247 e. The lowest BCUT2D eigenvalue weighted by Crippen LogP contribution is -2.44. The van der Waals surface area contributed by atoms with Crippen molar-refractivity contribution in [2.24, 2.45) is 0 Å². The van der Waals surface area contributed by atoms with Gasteiger partial charge in [0.05, 0.1) is 26.4 Å². The summed E-state index contributed by atoms with van der Waals surface area (Å²) < 4.78 is 11.1. The molecule has 1 saturated heterocycles. The van der Waals surface area contributed by atoms with Crippen molar-refractivity contribution < 1.29 is 14.3 Å². The lowest BCUT2D eigenvalue weighted by molar-refractivity contribution is -0.117. The highest BCUT2D eigenvalue weighted by Crippen LogP contribution is 2.29. The van der Waals surface area contributed by atoms with Crippen LogP contribution in [0.2, 0.25) is 0 Å². The first-order chi connectivity index (χ1) is 13.2. The maximum atomic E-state index is 12.6. The summed E-state index contributed by atoms with van der Waals surface area (Å²) in [4.78, 5) is 16.0. The van der Waals surface area contributed by atoms with Crippen molar-refractivity contribution in [1.82, 2.24) is 10.2 Å². The van der Waals surface area contributed by atoms with E-state index in [9.17, 15) is 4.79 Å². The molecule has 1 aliphatic heterocycles. The number of methoxy groups -OCH3 is 1. The first kappa shape index (κ1) is 19.6. The van der Waals surface area contributed by atoms with Gasteiger partial charge in [-0.15, -0.1) is 11.3 Å². The van der Waals surface area contributed by atoms with E-state index in [1.165, 1.54) is 0 Å². The monoisotopic (exact) mass is 386 g/mol. The highest BCUT2D eigenvalue weighted by atomic mass is 32.1. The number of hydrogen-bond donors (Lipinski definition) is 1. The molecule has 1 aliphatic rings. The Morgan fingerprint density at radius 3 is 2.78 bits per heavy atom. The van der Waals surface area contributed by atoms with Gasteiger partial charge in [-0.2, -0.15) is 0 Å². The number of carbonyl (C=O) groups is 1. The van der Waals surface area contributed by atoms with Gasteiger partial charge in [-0.25, -0.2) is 0 Å². The van der Waals surface area contributed by atoms with E-state index in [-0.39, 0.29) is 11.9 Å². The maximum absolute atomic E-state index is 12.6. The molecule has 1 fully saturated rings. The van der Waals surface area contributed by atoms with Crippen molar-refractivity contribution in [3.05, 3.63) is 57.8 Å². The molecule has 2 heterocycles. The fraction of sp³-hybridized carbons (Fsp3) is 0.381. The van der Waals surface area contributed by atoms with E-state index in [0.717, 1.165) is 29.3 Å². The normalized spacial score (nSPS) is 16.7. The van der Waals surface area contributed by atoms with Crippen LogP contribution in [0, 0.1) is 0 Å². The fourth-order valence-electron chi connectivity index (χ4n) is 3.25. The summed E-state index contributed by atoms with van der Waals surface area (Å²) in [5, 5.41) is 5.11. The minimum atomic E-state index is -0.0449. The molecule has 1 unspecified atom stereocenters. The van der Waals surface area contributed by atoms with Crippen molar-refractivity contribution in [2.75, 3.05) is 40.0 Å². The molecule has 2 aromatic rings. The zero-order valence-electron chi connectivity index (χ0n) is 15.8. The van der Waals surface area contributed by atoms with Crippen LogP contribution in [0.15, 0.2) is 47.4 Å². The Labute approximate surface area is 164 Å². The lowest BCUT2D eigenvalue weighted by atomic mass is 10.0. The van der Waals surface area contributed by atoms with Crippen LogP contribution >= 0.6 is 11.3 Å². The van der Waals surface area contributed by atoms with E-state index >= 15 is 0 Å².